The van der Waals surface area contributed by atoms with Crippen molar-refractivity contribution in [3.63, 3.8) is 0 Å². The van der Waals surface area contributed by atoms with Crippen molar-refractivity contribution in [2.24, 2.45) is 0 Å². The van der Waals surface area contributed by atoms with E-state index in [0.717, 1.165) is 11.8 Å². The summed E-state index contributed by atoms with van der Waals surface area (Å²) in [6, 6.07) is 14.4. The SMILES string of the molecule is CC1(C)OB(C(=Cc2cc(Cl)ccc2C=O)CNC(=O)OCc2ccccc2)OC1(C)C. The average Bonchev–Trinajstić information content (AvgIpc) is 2.97. The van der Waals surface area contributed by atoms with Crippen molar-refractivity contribution >= 4 is 37.2 Å². The Kier molecular flexibility index (Phi) is 7.44. The molecule has 6 nitrogen and oxygen atoms in total. The number of benzene rings is 2. The number of hydrogen-bond donors (Lipinski definition) is 1. The predicted molar refractivity (Wildman–Crippen MR) is 126 cm³/mol. The van der Waals surface area contributed by atoms with Gasteiger partial charge in [-0.15, -0.1) is 0 Å². The molecule has 2 aromatic rings. The number of hydrogen-bond acceptors (Lipinski definition) is 5. The summed E-state index contributed by atoms with van der Waals surface area (Å²) in [5.41, 5.74) is 1.47. The quantitative estimate of drug-likeness (QED) is 0.465. The van der Waals surface area contributed by atoms with Crippen LogP contribution in [0.2, 0.25) is 5.02 Å². The third-order valence-electron chi connectivity index (χ3n) is 5.72. The standard InChI is InChI=1S/C24H27BClNO5/c1-23(2)24(3,4)32-25(31-23)20(12-19-13-21(26)11-10-18(19)15-28)14-27-22(29)30-16-17-8-6-5-7-9-17/h5-13,15H,14,16H2,1-4H3,(H,27,29). The van der Waals surface area contributed by atoms with E-state index in [1.807, 2.05) is 58.0 Å². The summed E-state index contributed by atoms with van der Waals surface area (Å²) in [4.78, 5) is 23.8. The average molecular weight is 456 g/mol. The Morgan fingerprint density at radius 2 is 1.72 bits per heavy atom. The second-order valence-corrected chi connectivity index (χ2v) is 9.05. The van der Waals surface area contributed by atoms with Gasteiger partial charge in [0.25, 0.3) is 0 Å². The number of alkyl carbamates (subject to hydrolysis) is 1. The molecule has 8 heteroatoms. The number of nitrogens with one attached hydrogen (secondary N) is 1. The minimum atomic E-state index is -0.715. The van der Waals surface area contributed by atoms with Crippen molar-refractivity contribution < 1.29 is 23.6 Å². The predicted octanol–water partition coefficient (Wildman–Crippen LogP) is 5.09. The lowest BCUT2D eigenvalue weighted by atomic mass is 9.76. The van der Waals surface area contributed by atoms with Gasteiger partial charge in [0.2, 0.25) is 0 Å². The number of carbonyl (C=O) groups excluding carboxylic acids is 2. The van der Waals surface area contributed by atoms with Crippen molar-refractivity contribution in [3.05, 3.63) is 75.7 Å². The van der Waals surface area contributed by atoms with Crippen LogP contribution in [0.4, 0.5) is 4.79 Å². The Balaban J connectivity index is 1.79. The molecule has 0 spiro atoms. The van der Waals surface area contributed by atoms with Gasteiger partial charge in [0.05, 0.1) is 11.2 Å². The molecule has 0 bridgehead atoms. The van der Waals surface area contributed by atoms with Crippen LogP contribution in [0, 0.1) is 0 Å². The molecular weight excluding hydrogens is 429 g/mol. The monoisotopic (exact) mass is 455 g/mol. The van der Waals surface area contributed by atoms with Crippen LogP contribution < -0.4 is 5.32 Å². The highest BCUT2D eigenvalue weighted by atomic mass is 35.5. The molecule has 1 aliphatic rings. The lowest BCUT2D eigenvalue weighted by Crippen LogP contribution is -2.41. The Hall–Kier alpha value is -2.61. The fraction of sp³-hybridized carbons (Fsp3) is 0.333. The smallest absolute Gasteiger partial charge is 0.445 e. The van der Waals surface area contributed by atoms with Crippen molar-refractivity contribution in [2.75, 3.05) is 6.54 Å². The normalized spacial score (nSPS) is 17.2. The highest BCUT2D eigenvalue weighted by Gasteiger charge is 2.52. The first-order valence-electron chi connectivity index (χ1n) is 10.4. The van der Waals surface area contributed by atoms with Gasteiger partial charge in [-0.25, -0.2) is 4.79 Å². The molecule has 0 unspecified atom stereocenters. The Morgan fingerprint density at radius 1 is 1.06 bits per heavy atom. The minimum Gasteiger partial charge on any atom is -0.445 e. The first kappa shape index (κ1) is 24.0. The molecule has 3 rings (SSSR count). The van der Waals surface area contributed by atoms with Gasteiger partial charge in [-0.05, 0) is 62.5 Å². The van der Waals surface area contributed by atoms with Gasteiger partial charge in [0.1, 0.15) is 6.61 Å². The maximum atomic E-state index is 12.3. The van der Waals surface area contributed by atoms with Crippen molar-refractivity contribution in [1.82, 2.24) is 5.32 Å². The van der Waals surface area contributed by atoms with Gasteiger partial charge in [0, 0.05) is 17.1 Å². The number of rotatable bonds is 7. The van der Waals surface area contributed by atoms with E-state index in [1.54, 1.807) is 24.3 Å². The van der Waals surface area contributed by atoms with E-state index in [0.29, 0.717) is 21.6 Å². The lowest BCUT2D eigenvalue weighted by molar-refractivity contribution is 0.00578. The third kappa shape index (κ3) is 5.79. The topological polar surface area (TPSA) is 73.9 Å². The molecule has 1 N–H and O–H groups in total. The second-order valence-electron chi connectivity index (χ2n) is 8.61. The van der Waals surface area contributed by atoms with E-state index in [-0.39, 0.29) is 13.2 Å². The molecule has 1 amide bonds. The zero-order chi connectivity index (χ0) is 23.4. The summed E-state index contributed by atoms with van der Waals surface area (Å²) in [5, 5.41) is 3.24. The number of amides is 1. The van der Waals surface area contributed by atoms with Crippen molar-refractivity contribution in [1.29, 1.82) is 0 Å². The second kappa shape index (κ2) is 9.90. The Labute approximate surface area is 194 Å². The molecule has 1 fully saturated rings. The van der Waals surface area contributed by atoms with E-state index in [4.69, 9.17) is 25.6 Å². The van der Waals surface area contributed by atoms with Crippen LogP contribution in [-0.4, -0.2) is 37.2 Å². The van der Waals surface area contributed by atoms with E-state index < -0.39 is 24.4 Å². The van der Waals surface area contributed by atoms with Gasteiger partial charge in [-0.2, -0.15) is 0 Å². The van der Waals surface area contributed by atoms with Crippen LogP contribution in [0.15, 0.2) is 54.0 Å². The van der Waals surface area contributed by atoms with Gasteiger partial charge in [-0.3, -0.25) is 4.79 Å². The highest BCUT2D eigenvalue weighted by Crippen LogP contribution is 2.39. The first-order valence-corrected chi connectivity index (χ1v) is 10.7. The molecular formula is C24H27BClNO5. The number of carbonyl (C=O) groups is 2. The van der Waals surface area contributed by atoms with Crippen LogP contribution >= 0.6 is 11.6 Å². The maximum absolute atomic E-state index is 12.3. The zero-order valence-corrected chi connectivity index (χ0v) is 19.4. The maximum Gasteiger partial charge on any atom is 0.492 e. The zero-order valence-electron chi connectivity index (χ0n) is 18.7. The van der Waals surface area contributed by atoms with Gasteiger partial charge in [-0.1, -0.05) is 48.0 Å². The fourth-order valence-electron chi connectivity index (χ4n) is 3.12. The molecule has 0 radical (unpaired) electrons. The largest absolute Gasteiger partial charge is 0.492 e. The molecule has 0 saturated carbocycles. The molecule has 2 aromatic carbocycles. The number of halogens is 1. The highest BCUT2D eigenvalue weighted by molar-refractivity contribution is 6.56. The number of ether oxygens (including phenoxy) is 1. The summed E-state index contributed by atoms with van der Waals surface area (Å²) in [6.45, 7) is 8.05. The molecule has 1 saturated heterocycles. The van der Waals surface area contributed by atoms with E-state index in [1.165, 1.54) is 0 Å². The molecule has 0 aliphatic carbocycles. The van der Waals surface area contributed by atoms with Gasteiger partial charge >= 0.3 is 13.2 Å². The molecule has 32 heavy (non-hydrogen) atoms. The van der Waals surface area contributed by atoms with Crippen molar-refractivity contribution in [2.45, 2.75) is 45.5 Å². The van der Waals surface area contributed by atoms with E-state index in [2.05, 4.69) is 5.32 Å². The van der Waals surface area contributed by atoms with E-state index in [9.17, 15) is 9.59 Å². The molecule has 1 aliphatic heterocycles. The summed E-state index contributed by atoms with van der Waals surface area (Å²) in [7, 11) is -0.715. The molecule has 168 valence electrons. The van der Waals surface area contributed by atoms with Gasteiger partial charge < -0.3 is 19.4 Å². The third-order valence-corrected chi connectivity index (χ3v) is 5.96. The lowest BCUT2D eigenvalue weighted by Gasteiger charge is -2.32. The van der Waals surface area contributed by atoms with Crippen LogP contribution in [0.5, 0.6) is 0 Å². The molecule has 1 heterocycles. The van der Waals surface area contributed by atoms with E-state index >= 15 is 0 Å². The summed E-state index contributed by atoms with van der Waals surface area (Å²) < 4.78 is 17.6. The first-order chi connectivity index (χ1) is 15.1. The Bertz CT molecular complexity index is 991. The van der Waals surface area contributed by atoms with Gasteiger partial charge in [0.15, 0.2) is 6.29 Å². The summed E-state index contributed by atoms with van der Waals surface area (Å²) >= 11 is 6.14. The van der Waals surface area contributed by atoms with Crippen LogP contribution in [-0.2, 0) is 20.7 Å². The van der Waals surface area contributed by atoms with Crippen LogP contribution in [0.1, 0.15) is 49.2 Å². The summed E-state index contributed by atoms with van der Waals surface area (Å²) in [5.74, 6) is 0. The Morgan fingerprint density at radius 3 is 2.34 bits per heavy atom. The van der Waals surface area contributed by atoms with Crippen LogP contribution in [0.3, 0.4) is 0 Å². The van der Waals surface area contributed by atoms with Crippen LogP contribution in [0.25, 0.3) is 6.08 Å². The molecule has 0 atom stereocenters. The summed E-state index contributed by atoms with van der Waals surface area (Å²) in [6.07, 6.45) is 1.94. The minimum absolute atomic E-state index is 0.106. The van der Waals surface area contributed by atoms with Crippen molar-refractivity contribution in [3.8, 4) is 0 Å². The number of aldehydes is 1. The molecule has 0 aromatic heterocycles. The fourth-order valence-corrected chi connectivity index (χ4v) is 3.30.